The molecule has 7 heteroatoms. The van der Waals surface area contributed by atoms with Crippen LogP contribution >= 0.6 is 27.5 Å². The average molecular weight is 357 g/mol. The Morgan fingerprint density at radius 2 is 2.25 bits per heavy atom. The van der Waals surface area contributed by atoms with Gasteiger partial charge in [-0.05, 0) is 34.1 Å². The maximum Gasteiger partial charge on any atom is 0.257 e. The lowest BCUT2D eigenvalue weighted by molar-refractivity contribution is 0.102. The summed E-state index contributed by atoms with van der Waals surface area (Å²) in [6, 6.07) is 6.63. The molecule has 0 aliphatic carbocycles. The van der Waals surface area contributed by atoms with Crippen LogP contribution in [-0.4, -0.2) is 18.0 Å². The number of carbonyl (C=O) groups excluding carboxylic acids is 1. The number of anilines is 2. The van der Waals surface area contributed by atoms with E-state index in [0.717, 1.165) is 0 Å². The second-order valence-electron chi connectivity index (χ2n) is 3.87. The lowest BCUT2D eigenvalue weighted by Gasteiger charge is -2.11. The summed E-state index contributed by atoms with van der Waals surface area (Å²) in [6.07, 6.45) is 1.54. The number of nitrogens with zero attached hydrogens (tertiary/aromatic N) is 1. The minimum atomic E-state index is -0.386. The fourth-order valence-electron chi connectivity index (χ4n) is 1.62. The van der Waals surface area contributed by atoms with Gasteiger partial charge in [-0.3, -0.25) is 4.79 Å². The first-order chi connectivity index (χ1) is 9.52. The van der Waals surface area contributed by atoms with Crippen molar-refractivity contribution >= 4 is 44.8 Å². The largest absolute Gasteiger partial charge is 0.495 e. The summed E-state index contributed by atoms with van der Waals surface area (Å²) < 4.78 is 5.78. The summed E-state index contributed by atoms with van der Waals surface area (Å²) in [5.41, 5.74) is 6.85. The van der Waals surface area contributed by atoms with Crippen LogP contribution in [0.25, 0.3) is 0 Å². The van der Waals surface area contributed by atoms with E-state index in [1.54, 1.807) is 24.3 Å². The molecule has 104 valence electrons. The lowest BCUT2D eigenvalue weighted by atomic mass is 10.1. The monoisotopic (exact) mass is 355 g/mol. The molecule has 1 amide bonds. The number of hydrogen-bond donors (Lipinski definition) is 2. The molecule has 0 spiro atoms. The predicted octanol–water partition coefficient (Wildman–Crippen LogP) is 3.34. The van der Waals surface area contributed by atoms with Crippen molar-refractivity contribution in [2.75, 3.05) is 18.2 Å². The SMILES string of the molecule is COc1cccc(C(=O)Nc2cc(Br)cnc2Cl)c1N. The molecule has 0 bridgehead atoms. The Morgan fingerprint density at radius 3 is 2.95 bits per heavy atom. The molecule has 0 aliphatic heterocycles. The maximum atomic E-state index is 12.2. The van der Waals surface area contributed by atoms with Crippen LogP contribution < -0.4 is 15.8 Å². The van der Waals surface area contributed by atoms with E-state index in [2.05, 4.69) is 26.2 Å². The molecule has 0 unspecified atom stereocenters. The summed E-state index contributed by atoms with van der Waals surface area (Å²) in [7, 11) is 1.49. The molecule has 3 N–H and O–H groups in total. The highest BCUT2D eigenvalue weighted by atomic mass is 79.9. The van der Waals surface area contributed by atoms with Gasteiger partial charge in [-0.25, -0.2) is 4.98 Å². The van der Waals surface area contributed by atoms with Crippen LogP contribution in [0, 0.1) is 0 Å². The van der Waals surface area contributed by atoms with Crippen LogP contribution in [0.2, 0.25) is 5.15 Å². The van der Waals surface area contributed by atoms with Crippen molar-refractivity contribution < 1.29 is 9.53 Å². The molecule has 0 aliphatic rings. The molecule has 2 aromatic rings. The second-order valence-corrected chi connectivity index (χ2v) is 5.14. The Labute approximate surface area is 129 Å². The van der Waals surface area contributed by atoms with E-state index < -0.39 is 0 Å². The summed E-state index contributed by atoms with van der Waals surface area (Å²) in [6.45, 7) is 0. The first kappa shape index (κ1) is 14.6. The number of nitrogen functional groups attached to an aromatic ring is 1. The fourth-order valence-corrected chi connectivity index (χ4v) is 2.10. The molecule has 1 heterocycles. The van der Waals surface area contributed by atoms with Crippen molar-refractivity contribution in [2.45, 2.75) is 0 Å². The maximum absolute atomic E-state index is 12.2. The molecule has 2 rings (SSSR count). The topological polar surface area (TPSA) is 77.2 Å². The smallest absolute Gasteiger partial charge is 0.257 e. The van der Waals surface area contributed by atoms with Gasteiger partial charge in [0.05, 0.1) is 24.0 Å². The number of pyridine rings is 1. The van der Waals surface area contributed by atoms with Crippen molar-refractivity contribution in [3.05, 3.63) is 45.7 Å². The molecule has 0 atom stereocenters. The van der Waals surface area contributed by atoms with Gasteiger partial charge >= 0.3 is 0 Å². The number of ether oxygens (including phenoxy) is 1. The number of aromatic nitrogens is 1. The van der Waals surface area contributed by atoms with Crippen LogP contribution in [0.15, 0.2) is 34.9 Å². The van der Waals surface area contributed by atoms with Gasteiger partial charge in [0.15, 0.2) is 5.15 Å². The molecule has 1 aromatic heterocycles. The minimum absolute atomic E-state index is 0.197. The van der Waals surface area contributed by atoms with Crippen LogP contribution in [0.5, 0.6) is 5.75 Å². The highest BCUT2D eigenvalue weighted by Crippen LogP contribution is 2.27. The van der Waals surface area contributed by atoms with Gasteiger partial charge in [-0.2, -0.15) is 0 Å². The van der Waals surface area contributed by atoms with Gasteiger partial charge in [-0.15, -0.1) is 0 Å². The van der Waals surface area contributed by atoms with E-state index in [1.807, 2.05) is 0 Å². The summed E-state index contributed by atoms with van der Waals surface area (Å²) >= 11 is 9.19. The van der Waals surface area contributed by atoms with Gasteiger partial charge in [0.1, 0.15) is 5.75 Å². The quantitative estimate of drug-likeness (QED) is 0.653. The highest BCUT2D eigenvalue weighted by Gasteiger charge is 2.14. The van der Waals surface area contributed by atoms with E-state index in [4.69, 9.17) is 22.1 Å². The number of amides is 1. The number of rotatable bonds is 3. The number of hydrogen-bond acceptors (Lipinski definition) is 4. The summed E-state index contributed by atoms with van der Waals surface area (Å²) in [5, 5.41) is 2.86. The van der Waals surface area contributed by atoms with Gasteiger partial charge in [0, 0.05) is 10.7 Å². The van der Waals surface area contributed by atoms with Crippen LogP contribution in [0.3, 0.4) is 0 Å². The Balaban J connectivity index is 2.31. The standard InChI is InChI=1S/C13H11BrClN3O2/c1-20-10-4-2-3-8(11(10)16)13(19)18-9-5-7(14)6-17-12(9)15/h2-6H,16H2,1H3,(H,18,19). The average Bonchev–Trinajstić information content (AvgIpc) is 2.43. The van der Waals surface area contributed by atoms with Gasteiger partial charge in [0.2, 0.25) is 0 Å². The molecule has 5 nitrogen and oxygen atoms in total. The van der Waals surface area contributed by atoms with Crippen molar-refractivity contribution in [1.82, 2.24) is 4.98 Å². The summed E-state index contributed by atoms with van der Waals surface area (Å²) in [4.78, 5) is 16.1. The Morgan fingerprint density at radius 1 is 1.50 bits per heavy atom. The molecular formula is C13H11BrClN3O2. The third-order valence-corrected chi connectivity index (χ3v) is 3.32. The van der Waals surface area contributed by atoms with Crippen molar-refractivity contribution in [3.63, 3.8) is 0 Å². The van der Waals surface area contributed by atoms with Crippen molar-refractivity contribution in [1.29, 1.82) is 0 Å². The van der Waals surface area contributed by atoms with Gasteiger partial charge in [0.25, 0.3) is 5.91 Å². The van der Waals surface area contributed by atoms with Crippen LogP contribution in [-0.2, 0) is 0 Å². The number of methoxy groups -OCH3 is 1. The molecule has 1 aromatic carbocycles. The first-order valence-corrected chi connectivity index (χ1v) is 6.75. The summed E-state index contributed by atoms with van der Waals surface area (Å²) in [5.74, 6) is 0.0549. The Hall–Kier alpha value is -1.79. The molecule has 0 radical (unpaired) electrons. The van der Waals surface area contributed by atoms with Gasteiger partial charge in [-0.1, -0.05) is 17.7 Å². The van der Waals surface area contributed by atoms with Crippen molar-refractivity contribution in [3.8, 4) is 5.75 Å². The van der Waals surface area contributed by atoms with Crippen LogP contribution in [0.1, 0.15) is 10.4 Å². The number of halogens is 2. The normalized spacial score (nSPS) is 10.2. The number of benzene rings is 1. The van der Waals surface area contributed by atoms with E-state index in [1.165, 1.54) is 13.3 Å². The van der Waals surface area contributed by atoms with E-state index in [-0.39, 0.29) is 16.7 Å². The third-order valence-electron chi connectivity index (χ3n) is 2.58. The fraction of sp³-hybridized carbons (Fsp3) is 0.0769. The van der Waals surface area contributed by atoms with E-state index >= 15 is 0 Å². The van der Waals surface area contributed by atoms with E-state index in [9.17, 15) is 4.79 Å². The Bertz CT molecular complexity index is 664. The molecule has 0 saturated carbocycles. The molecule has 0 fully saturated rings. The molecule has 20 heavy (non-hydrogen) atoms. The Kier molecular flexibility index (Phi) is 4.46. The van der Waals surface area contributed by atoms with E-state index in [0.29, 0.717) is 21.5 Å². The minimum Gasteiger partial charge on any atom is -0.495 e. The highest BCUT2D eigenvalue weighted by molar-refractivity contribution is 9.10. The zero-order valence-corrected chi connectivity index (χ0v) is 12.8. The lowest BCUT2D eigenvalue weighted by Crippen LogP contribution is -2.15. The second kappa shape index (κ2) is 6.11. The zero-order valence-electron chi connectivity index (χ0n) is 10.5. The third kappa shape index (κ3) is 3.02. The first-order valence-electron chi connectivity index (χ1n) is 5.57. The molecule has 0 saturated heterocycles. The number of para-hydroxylation sites is 1. The molecular weight excluding hydrogens is 346 g/mol. The number of nitrogens with two attached hydrogens (primary N) is 1. The number of carbonyl (C=O) groups is 1. The zero-order chi connectivity index (χ0) is 14.7. The predicted molar refractivity (Wildman–Crippen MR) is 82.3 cm³/mol. The van der Waals surface area contributed by atoms with Gasteiger partial charge < -0.3 is 15.8 Å². The number of nitrogens with one attached hydrogen (secondary N) is 1. The van der Waals surface area contributed by atoms with Crippen molar-refractivity contribution in [2.24, 2.45) is 0 Å². The van der Waals surface area contributed by atoms with Crippen LogP contribution in [0.4, 0.5) is 11.4 Å².